The van der Waals surface area contributed by atoms with Crippen LogP contribution in [0.3, 0.4) is 0 Å². The number of imide groups is 1. The zero-order valence-electron chi connectivity index (χ0n) is 17.1. The molecule has 1 unspecified atom stereocenters. The maximum atomic E-state index is 12.9. The minimum Gasteiger partial charge on any atom is -0.378 e. The molecule has 0 aliphatic carbocycles. The molecule has 0 saturated carbocycles. The highest BCUT2D eigenvalue weighted by Gasteiger charge is 2.49. The fraction of sp³-hybridized carbons (Fsp3) is 0.318. The Hall–Kier alpha value is -3.10. The number of ether oxygens (including phenoxy) is 1. The summed E-state index contributed by atoms with van der Waals surface area (Å²) in [7, 11) is 0. The number of carbonyl (C=O) groups excluding carboxylic acids is 3. The molecule has 162 valence electrons. The summed E-state index contributed by atoms with van der Waals surface area (Å²) in [5.41, 5.74) is 0.988. The monoisotopic (exact) mass is 442 g/mol. The Morgan fingerprint density at radius 3 is 2.39 bits per heavy atom. The van der Waals surface area contributed by atoms with Crippen molar-refractivity contribution in [2.24, 2.45) is 0 Å². The second kappa shape index (κ2) is 8.56. The summed E-state index contributed by atoms with van der Waals surface area (Å²) in [6.07, 6.45) is 0. The first-order valence-corrected chi connectivity index (χ1v) is 10.4. The maximum absolute atomic E-state index is 12.9. The summed E-state index contributed by atoms with van der Waals surface area (Å²) < 4.78 is 5.36. The lowest BCUT2D eigenvalue weighted by atomic mass is 9.92. The van der Waals surface area contributed by atoms with Crippen LogP contribution in [0, 0.1) is 0 Å². The summed E-state index contributed by atoms with van der Waals surface area (Å²) in [6.45, 7) is 4.27. The van der Waals surface area contributed by atoms with E-state index in [0.717, 1.165) is 23.7 Å². The normalized spacial score (nSPS) is 21.2. The predicted octanol–water partition coefficient (Wildman–Crippen LogP) is 2.58. The van der Waals surface area contributed by atoms with Crippen LogP contribution in [0.25, 0.3) is 0 Å². The summed E-state index contributed by atoms with van der Waals surface area (Å²) in [4.78, 5) is 41.0. The number of morpholine rings is 1. The van der Waals surface area contributed by atoms with Crippen molar-refractivity contribution in [3.63, 3.8) is 0 Å². The van der Waals surface area contributed by atoms with E-state index in [1.165, 1.54) is 0 Å². The largest absolute Gasteiger partial charge is 0.378 e. The van der Waals surface area contributed by atoms with Crippen molar-refractivity contribution in [2.45, 2.75) is 12.5 Å². The van der Waals surface area contributed by atoms with Crippen molar-refractivity contribution in [1.29, 1.82) is 0 Å². The van der Waals surface area contributed by atoms with Crippen LogP contribution >= 0.6 is 11.6 Å². The van der Waals surface area contributed by atoms with Gasteiger partial charge < -0.3 is 20.3 Å². The highest BCUT2D eigenvalue weighted by atomic mass is 35.5. The average molecular weight is 443 g/mol. The van der Waals surface area contributed by atoms with E-state index in [4.69, 9.17) is 16.3 Å². The van der Waals surface area contributed by atoms with Gasteiger partial charge in [-0.1, -0.05) is 23.7 Å². The lowest BCUT2D eigenvalue weighted by Gasteiger charge is -2.28. The Balaban J connectivity index is 1.39. The summed E-state index contributed by atoms with van der Waals surface area (Å²) in [6, 6.07) is 13.5. The Morgan fingerprint density at radius 2 is 1.74 bits per heavy atom. The zero-order valence-corrected chi connectivity index (χ0v) is 17.8. The number of rotatable bonds is 5. The Morgan fingerprint density at radius 1 is 1.10 bits per heavy atom. The van der Waals surface area contributed by atoms with E-state index in [9.17, 15) is 14.4 Å². The van der Waals surface area contributed by atoms with Gasteiger partial charge in [0.25, 0.3) is 5.91 Å². The quantitative estimate of drug-likeness (QED) is 0.694. The van der Waals surface area contributed by atoms with Crippen molar-refractivity contribution in [3.8, 4) is 0 Å². The first-order valence-electron chi connectivity index (χ1n) is 9.99. The minimum atomic E-state index is -1.25. The first-order chi connectivity index (χ1) is 14.9. The molecule has 8 nitrogen and oxygen atoms in total. The van der Waals surface area contributed by atoms with Crippen molar-refractivity contribution in [2.75, 3.05) is 43.1 Å². The molecule has 2 heterocycles. The molecule has 0 radical (unpaired) electrons. The van der Waals surface area contributed by atoms with Crippen LogP contribution in [-0.4, -0.2) is 55.6 Å². The van der Waals surface area contributed by atoms with E-state index < -0.39 is 23.4 Å². The van der Waals surface area contributed by atoms with E-state index >= 15 is 0 Å². The van der Waals surface area contributed by atoms with Crippen LogP contribution in [0.15, 0.2) is 48.5 Å². The van der Waals surface area contributed by atoms with E-state index in [0.29, 0.717) is 29.5 Å². The highest BCUT2D eigenvalue weighted by Crippen LogP contribution is 2.29. The van der Waals surface area contributed by atoms with Gasteiger partial charge in [-0.2, -0.15) is 0 Å². The van der Waals surface area contributed by atoms with Crippen molar-refractivity contribution < 1.29 is 19.1 Å². The third-order valence-electron chi connectivity index (χ3n) is 5.53. The molecular weight excluding hydrogens is 420 g/mol. The molecule has 2 aromatic rings. The van der Waals surface area contributed by atoms with E-state index in [2.05, 4.69) is 15.5 Å². The Kier molecular flexibility index (Phi) is 5.84. The standard InChI is InChI=1S/C22H23ClN4O4/c1-22(15-2-4-16(23)5-3-15)20(29)27(21(30)25-22)14-19(28)24-17-6-8-18(9-7-17)26-10-12-31-13-11-26/h2-9H,10-14H2,1H3,(H,24,28)(H,25,30). The van der Waals surface area contributed by atoms with Crippen LogP contribution in [-0.2, 0) is 19.9 Å². The van der Waals surface area contributed by atoms with Gasteiger partial charge in [-0.25, -0.2) is 4.79 Å². The topological polar surface area (TPSA) is 91.0 Å². The fourth-order valence-corrected chi connectivity index (χ4v) is 3.87. The van der Waals surface area contributed by atoms with Crippen molar-refractivity contribution >= 4 is 40.8 Å². The van der Waals surface area contributed by atoms with Gasteiger partial charge in [-0.15, -0.1) is 0 Å². The molecule has 4 amide bonds. The molecule has 2 aromatic carbocycles. The van der Waals surface area contributed by atoms with Gasteiger partial charge in [0.1, 0.15) is 12.1 Å². The second-order valence-electron chi connectivity index (χ2n) is 7.65. The van der Waals surface area contributed by atoms with Crippen LogP contribution in [0.1, 0.15) is 12.5 Å². The molecule has 4 rings (SSSR count). The van der Waals surface area contributed by atoms with Gasteiger partial charge in [-0.05, 0) is 48.9 Å². The van der Waals surface area contributed by atoms with Gasteiger partial charge in [-0.3, -0.25) is 14.5 Å². The Labute approximate surface area is 185 Å². The number of hydrogen-bond acceptors (Lipinski definition) is 5. The van der Waals surface area contributed by atoms with Crippen LogP contribution in [0.4, 0.5) is 16.2 Å². The van der Waals surface area contributed by atoms with Crippen LogP contribution in [0.5, 0.6) is 0 Å². The van der Waals surface area contributed by atoms with Gasteiger partial charge >= 0.3 is 6.03 Å². The third kappa shape index (κ3) is 4.35. The molecule has 2 saturated heterocycles. The molecule has 0 aromatic heterocycles. The number of anilines is 2. The van der Waals surface area contributed by atoms with E-state index in [1.54, 1.807) is 43.3 Å². The molecule has 0 spiro atoms. The van der Waals surface area contributed by atoms with Crippen molar-refractivity contribution in [3.05, 3.63) is 59.1 Å². The van der Waals surface area contributed by atoms with Crippen LogP contribution < -0.4 is 15.5 Å². The molecular formula is C22H23ClN4O4. The summed E-state index contributed by atoms with van der Waals surface area (Å²) >= 11 is 5.91. The number of halogens is 1. The van der Waals surface area contributed by atoms with Gasteiger partial charge in [0.2, 0.25) is 5.91 Å². The van der Waals surface area contributed by atoms with Crippen molar-refractivity contribution in [1.82, 2.24) is 10.2 Å². The smallest absolute Gasteiger partial charge is 0.325 e. The predicted molar refractivity (Wildman–Crippen MR) is 117 cm³/mol. The number of nitrogens with zero attached hydrogens (tertiary/aromatic N) is 2. The van der Waals surface area contributed by atoms with Gasteiger partial charge in [0.15, 0.2) is 0 Å². The lowest BCUT2D eigenvalue weighted by molar-refractivity contribution is -0.133. The number of nitrogens with one attached hydrogen (secondary N) is 2. The third-order valence-corrected chi connectivity index (χ3v) is 5.78. The number of carbonyl (C=O) groups is 3. The SMILES string of the molecule is CC1(c2ccc(Cl)cc2)NC(=O)N(CC(=O)Nc2ccc(N3CCOCC3)cc2)C1=O. The van der Waals surface area contributed by atoms with Gasteiger partial charge in [0, 0.05) is 29.5 Å². The molecule has 9 heteroatoms. The average Bonchev–Trinajstić information content (AvgIpc) is 2.99. The number of amides is 4. The second-order valence-corrected chi connectivity index (χ2v) is 8.08. The lowest BCUT2D eigenvalue weighted by Crippen LogP contribution is -2.42. The first kappa shape index (κ1) is 21.1. The molecule has 0 bridgehead atoms. The molecule has 2 N–H and O–H groups in total. The van der Waals surface area contributed by atoms with Gasteiger partial charge in [0.05, 0.1) is 13.2 Å². The summed E-state index contributed by atoms with van der Waals surface area (Å²) in [5, 5.41) is 5.95. The molecule has 2 fully saturated rings. The molecule has 31 heavy (non-hydrogen) atoms. The summed E-state index contributed by atoms with van der Waals surface area (Å²) in [5.74, 6) is -0.944. The van der Waals surface area contributed by atoms with Crippen LogP contribution in [0.2, 0.25) is 5.02 Å². The Bertz CT molecular complexity index is 990. The zero-order chi connectivity index (χ0) is 22.0. The molecule has 2 aliphatic heterocycles. The fourth-order valence-electron chi connectivity index (χ4n) is 3.74. The molecule has 1 atom stereocenters. The maximum Gasteiger partial charge on any atom is 0.325 e. The highest BCUT2D eigenvalue weighted by molar-refractivity contribution is 6.30. The molecule has 2 aliphatic rings. The number of hydrogen-bond donors (Lipinski definition) is 2. The van der Waals surface area contributed by atoms with E-state index in [1.807, 2.05) is 12.1 Å². The van der Waals surface area contributed by atoms with E-state index in [-0.39, 0.29) is 6.54 Å². The number of urea groups is 1. The minimum absolute atomic E-state index is 0.376. The number of benzene rings is 2.